The Bertz CT molecular complexity index is 1150. The largest absolute Gasteiger partial charge is 0.503 e. The van der Waals surface area contributed by atoms with Crippen LogP contribution >= 0.6 is 11.8 Å². The summed E-state index contributed by atoms with van der Waals surface area (Å²) in [5.74, 6) is -0.529. The number of amides is 1. The molecule has 0 bridgehead atoms. The van der Waals surface area contributed by atoms with Gasteiger partial charge in [-0.1, -0.05) is 56.3 Å². The maximum absolute atomic E-state index is 13.7. The van der Waals surface area contributed by atoms with Gasteiger partial charge in [0.25, 0.3) is 5.91 Å². The van der Waals surface area contributed by atoms with E-state index in [0.717, 1.165) is 21.8 Å². The van der Waals surface area contributed by atoms with Gasteiger partial charge < -0.3 is 15.1 Å². The van der Waals surface area contributed by atoms with Crippen LogP contribution in [0.25, 0.3) is 0 Å². The highest BCUT2D eigenvalue weighted by atomic mass is 32.2. The summed E-state index contributed by atoms with van der Waals surface area (Å²) < 4.78 is 0. The third-order valence-electron chi connectivity index (χ3n) is 7.25. The minimum absolute atomic E-state index is 0.00552. The average molecular weight is 494 g/mol. The van der Waals surface area contributed by atoms with Crippen LogP contribution in [0.3, 0.4) is 0 Å². The number of carbonyl (C=O) groups is 2. The lowest BCUT2D eigenvalue weighted by molar-refractivity contribution is -0.173. The van der Waals surface area contributed by atoms with Crippen LogP contribution in [0.4, 0.5) is 0 Å². The summed E-state index contributed by atoms with van der Waals surface area (Å²) in [5, 5.41) is 25.0. The van der Waals surface area contributed by atoms with Crippen LogP contribution in [0, 0.1) is 5.92 Å². The molecular formula is C27H31N3O4S. The van der Waals surface area contributed by atoms with Crippen LogP contribution in [-0.4, -0.2) is 62.2 Å². The van der Waals surface area contributed by atoms with Crippen LogP contribution in [0.1, 0.15) is 49.9 Å². The van der Waals surface area contributed by atoms with Crippen molar-refractivity contribution in [2.75, 3.05) is 13.3 Å². The molecule has 2 unspecified atom stereocenters. The zero-order valence-corrected chi connectivity index (χ0v) is 21.0. The Balaban J connectivity index is 1.74. The number of aliphatic hydroxyl groups excluding tert-OH is 2. The summed E-state index contributed by atoms with van der Waals surface area (Å²) in [6, 6.07) is 15.6. The Morgan fingerprint density at radius 2 is 1.74 bits per heavy atom. The zero-order chi connectivity index (χ0) is 24.9. The van der Waals surface area contributed by atoms with Crippen LogP contribution in [0.2, 0.25) is 0 Å². The Morgan fingerprint density at radius 3 is 2.46 bits per heavy atom. The number of Topliss-reactive ketones (excluding diaryl/α,β-unsaturated/α-hetero) is 1. The number of fused-ring (bicyclic) bond motifs is 3. The van der Waals surface area contributed by atoms with Crippen molar-refractivity contribution < 1.29 is 19.8 Å². The lowest BCUT2D eigenvalue weighted by Crippen LogP contribution is -2.65. The van der Waals surface area contributed by atoms with Gasteiger partial charge in [-0.3, -0.25) is 14.6 Å². The molecule has 35 heavy (non-hydrogen) atoms. The second kappa shape index (κ2) is 9.33. The maximum Gasteiger partial charge on any atom is 0.276 e. The van der Waals surface area contributed by atoms with Crippen molar-refractivity contribution in [3.05, 3.63) is 76.7 Å². The molecule has 0 spiro atoms. The third-order valence-corrected chi connectivity index (χ3v) is 8.39. The predicted octanol–water partition coefficient (Wildman–Crippen LogP) is 3.85. The van der Waals surface area contributed by atoms with Crippen molar-refractivity contribution in [2.45, 2.75) is 56.0 Å². The number of nitrogens with zero attached hydrogens (tertiary/aromatic N) is 3. The van der Waals surface area contributed by atoms with Crippen molar-refractivity contribution in [3.8, 4) is 0 Å². The standard InChI is InChI=1S/C27H31N3O4S/c1-16(2)21(13-31)28-15-29(30-17(3)12-22(32)26(33)25(30)27(28)34)24-19-9-5-4-8-18(19)14-35-23-11-7-6-10-20(23)24/h4-11,16-17,21,24,31,33H,12-15H2,1-3H3/t17?,21-,24?/m1/s1. The van der Waals surface area contributed by atoms with Gasteiger partial charge in [0, 0.05) is 17.1 Å². The summed E-state index contributed by atoms with van der Waals surface area (Å²) in [5.41, 5.74) is 3.46. The van der Waals surface area contributed by atoms with Crippen molar-refractivity contribution in [3.63, 3.8) is 0 Å². The summed E-state index contributed by atoms with van der Waals surface area (Å²) in [6.07, 6.45) is 0.123. The Hall–Kier alpha value is -2.81. The Morgan fingerprint density at radius 1 is 1.06 bits per heavy atom. The van der Waals surface area contributed by atoms with E-state index < -0.39 is 23.5 Å². The van der Waals surface area contributed by atoms with Crippen molar-refractivity contribution in [2.24, 2.45) is 5.92 Å². The number of hydrogen-bond acceptors (Lipinski definition) is 7. The van der Waals surface area contributed by atoms with Crippen molar-refractivity contribution >= 4 is 23.5 Å². The number of allylic oxidation sites excluding steroid dienone is 1. The van der Waals surface area contributed by atoms with Gasteiger partial charge in [-0.05, 0) is 35.6 Å². The van der Waals surface area contributed by atoms with Gasteiger partial charge in [-0.2, -0.15) is 5.01 Å². The highest BCUT2D eigenvalue weighted by Gasteiger charge is 2.49. The van der Waals surface area contributed by atoms with Crippen LogP contribution in [-0.2, 0) is 15.3 Å². The normalized spacial score (nSPS) is 23.7. The van der Waals surface area contributed by atoms with E-state index in [1.807, 2.05) is 50.0 Å². The predicted molar refractivity (Wildman–Crippen MR) is 134 cm³/mol. The number of thioether (sulfide) groups is 1. The molecule has 0 aromatic heterocycles. The second-order valence-corrected chi connectivity index (χ2v) is 10.8. The first-order valence-electron chi connectivity index (χ1n) is 12.1. The molecule has 8 heteroatoms. The fourth-order valence-electron chi connectivity index (χ4n) is 5.46. The average Bonchev–Trinajstić information content (AvgIpc) is 3.00. The SMILES string of the molecule is CC(C)[C@@H](CO)N1CN(C2c3ccccc3CSc3ccccc32)N2C(=C(O)C(=O)CC2C)C1=O. The molecule has 2 aromatic rings. The molecule has 5 rings (SSSR count). The maximum atomic E-state index is 13.7. The van der Waals surface area contributed by atoms with E-state index in [1.54, 1.807) is 16.7 Å². The molecular weight excluding hydrogens is 462 g/mol. The van der Waals surface area contributed by atoms with E-state index in [9.17, 15) is 19.8 Å². The van der Waals surface area contributed by atoms with Crippen LogP contribution in [0.15, 0.2) is 64.9 Å². The van der Waals surface area contributed by atoms with Gasteiger partial charge in [0.1, 0.15) is 0 Å². The van der Waals surface area contributed by atoms with Crippen molar-refractivity contribution in [1.82, 2.24) is 14.9 Å². The first-order chi connectivity index (χ1) is 16.8. The van der Waals surface area contributed by atoms with E-state index in [1.165, 1.54) is 5.56 Å². The van der Waals surface area contributed by atoms with Gasteiger partial charge in [0.15, 0.2) is 11.5 Å². The van der Waals surface area contributed by atoms with E-state index in [2.05, 4.69) is 29.3 Å². The highest BCUT2D eigenvalue weighted by molar-refractivity contribution is 7.98. The fourth-order valence-corrected chi connectivity index (χ4v) is 6.56. The molecule has 0 radical (unpaired) electrons. The molecule has 1 amide bonds. The Kier molecular flexibility index (Phi) is 6.38. The number of aliphatic hydroxyl groups is 2. The zero-order valence-electron chi connectivity index (χ0n) is 20.2. The fraction of sp³-hybridized carbons (Fsp3) is 0.407. The molecule has 7 nitrogen and oxygen atoms in total. The van der Waals surface area contributed by atoms with E-state index in [0.29, 0.717) is 0 Å². The number of carbonyl (C=O) groups excluding carboxylic acids is 2. The van der Waals surface area contributed by atoms with Crippen molar-refractivity contribution in [1.29, 1.82) is 0 Å². The summed E-state index contributed by atoms with van der Waals surface area (Å²) in [7, 11) is 0. The number of hydrogen-bond donors (Lipinski definition) is 2. The van der Waals surface area contributed by atoms with Crippen LogP contribution < -0.4 is 0 Å². The van der Waals surface area contributed by atoms with Gasteiger partial charge in [0.05, 0.1) is 31.4 Å². The first-order valence-corrected chi connectivity index (χ1v) is 13.1. The molecule has 3 aliphatic heterocycles. The highest BCUT2D eigenvalue weighted by Crippen LogP contribution is 2.46. The smallest absolute Gasteiger partial charge is 0.276 e. The quantitative estimate of drug-likeness (QED) is 0.669. The summed E-state index contributed by atoms with van der Waals surface area (Å²) in [6.45, 7) is 5.86. The van der Waals surface area contributed by atoms with E-state index in [-0.39, 0.29) is 43.4 Å². The molecule has 0 saturated carbocycles. The van der Waals surface area contributed by atoms with Gasteiger partial charge in [0.2, 0.25) is 5.78 Å². The summed E-state index contributed by atoms with van der Waals surface area (Å²) >= 11 is 1.79. The lowest BCUT2D eigenvalue weighted by Gasteiger charge is -2.54. The molecule has 184 valence electrons. The number of hydrazine groups is 1. The lowest BCUT2D eigenvalue weighted by atomic mass is 9.92. The second-order valence-electron chi connectivity index (χ2n) is 9.80. The molecule has 3 atom stereocenters. The van der Waals surface area contributed by atoms with Gasteiger partial charge in [-0.25, -0.2) is 0 Å². The van der Waals surface area contributed by atoms with E-state index >= 15 is 0 Å². The van der Waals surface area contributed by atoms with E-state index in [4.69, 9.17) is 0 Å². The monoisotopic (exact) mass is 493 g/mol. The minimum atomic E-state index is -0.493. The third kappa shape index (κ3) is 3.93. The molecule has 0 aliphatic carbocycles. The molecule has 1 saturated heterocycles. The molecule has 3 heterocycles. The molecule has 2 N–H and O–H groups in total. The molecule has 2 aromatic carbocycles. The van der Waals surface area contributed by atoms with Gasteiger partial charge >= 0.3 is 0 Å². The Labute approximate surface area is 210 Å². The minimum Gasteiger partial charge on any atom is -0.503 e. The molecule has 1 fully saturated rings. The first kappa shape index (κ1) is 23.9. The topological polar surface area (TPSA) is 84.3 Å². The number of ketones is 1. The number of rotatable bonds is 4. The summed E-state index contributed by atoms with van der Waals surface area (Å²) in [4.78, 5) is 29.1. The number of benzene rings is 2. The van der Waals surface area contributed by atoms with Crippen LogP contribution in [0.5, 0.6) is 0 Å². The molecule has 3 aliphatic rings. The van der Waals surface area contributed by atoms with Gasteiger partial charge in [-0.15, -0.1) is 11.8 Å².